The number of aromatic nitrogens is 1. The second-order valence-electron chi connectivity index (χ2n) is 8.51. The lowest BCUT2D eigenvalue weighted by molar-refractivity contribution is -0.138. The number of pyridine rings is 1. The van der Waals surface area contributed by atoms with Crippen molar-refractivity contribution in [2.24, 2.45) is 5.14 Å². The number of sulfonamides is 1. The summed E-state index contributed by atoms with van der Waals surface area (Å²) in [7, 11) is -3.71. The van der Waals surface area contributed by atoms with E-state index in [4.69, 9.17) is 21.5 Å². The number of hydrogen-bond acceptors (Lipinski definition) is 5. The highest BCUT2D eigenvalue weighted by atomic mass is 35.5. The van der Waals surface area contributed by atoms with Crippen LogP contribution in [0.5, 0.6) is 5.75 Å². The molecule has 2 atom stereocenters. The molecule has 4 rings (SSSR count). The average molecular weight is 506 g/mol. The second-order valence-corrected chi connectivity index (χ2v) is 10.8. The molecule has 2 aromatic carbocycles. The van der Waals surface area contributed by atoms with Crippen LogP contribution in [0.2, 0.25) is 5.02 Å². The van der Waals surface area contributed by atoms with Gasteiger partial charge >= 0.3 is 0 Å². The van der Waals surface area contributed by atoms with Crippen LogP contribution in [0.3, 0.4) is 0 Å². The number of carbonyl (C=O) groups is 1. The van der Waals surface area contributed by atoms with E-state index >= 15 is 0 Å². The molecular weight excluding hydrogens is 481 g/mol. The summed E-state index contributed by atoms with van der Waals surface area (Å²) in [5.74, 6) is -0.269. The van der Waals surface area contributed by atoms with Gasteiger partial charge in [-0.05, 0) is 68.7 Å². The van der Waals surface area contributed by atoms with Gasteiger partial charge in [-0.1, -0.05) is 11.6 Å². The summed E-state index contributed by atoms with van der Waals surface area (Å²) in [6.45, 7) is 3.99. The number of nitrogens with two attached hydrogens (primary N) is 1. The summed E-state index contributed by atoms with van der Waals surface area (Å²) in [6, 6.07) is 11.4. The van der Waals surface area contributed by atoms with Crippen molar-refractivity contribution in [1.82, 2.24) is 9.88 Å². The molecule has 180 valence electrons. The third-order valence-corrected chi connectivity index (χ3v) is 7.57. The van der Waals surface area contributed by atoms with Crippen LogP contribution < -0.4 is 9.88 Å². The number of aryl methyl sites for hydroxylation is 1. The largest absolute Gasteiger partial charge is 0.481 e. The van der Waals surface area contributed by atoms with Crippen LogP contribution >= 0.6 is 11.6 Å². The summed E-state index contributed by atoms with van der Waals surface area (Å²) < 4.78 is 42.8. The maximum Gasteiger partial charge on any atom is 0.263 e. The molecular formula is C24H25ClFN3O4S. The topological polar surface area (TPSA) is 103 Å². The maximum atomic E-state index is 13.5. The molecule has 1 saturated heterocycles. The normalized spacial score (nSPS) is 17.6. The van der Waals surface area contributed by atoms with Gasteiger partial charge in [0.2, 0.25) is 10.0 Å². The number of halogens is 2. The van der Waals surface area contributed by atoms with Crippen molar-refractivity contribution in [2.75, 3.05) is 13.1 Å². The lowest BCUT2D eigenvalue weighted by Crippen LogP contribution is -2.50. The van der Waals surface area contributed by atoms with Crippen LogP contribution in [0.1, 0.15) is 25.5 Å². The summed E-state index contributed by atoms with van der Waals surface area (Å²) in [6.07, 6.45) is 0.175. The number of piperidine rings is 1. The Morgan fingerprint density at radius 2 is 2.00 bits per heavy atom. The number of likely N-dealkylation sites (tertiary alicyclic amines) is 1. The van der Waals surface area contributed by atoms with Crippen molar-refractivity contribution in [3.8, 4) is 16.9 Å². The van der Waals surface area contributed by atoms with Crippen molar-refractivity contribution >= 4 is 38.4 Å². The molecule has 2 heterocycles. The van der Waals surface area contributed by atoms with Gasteiger partial charge in [-0.2, -0.15) is 0 Å². The Hall–Kier alpha value is -2.75. The molecule has 0 saturated carbocycles. The van der Waals surface area contributed by atoms with Crippen LogP contribution in [0, 0.1) is 12.7 Å². The highest BCUT2D eigenvalue weighted by molar-refractivity contribution is 7.89. The Bertz CT molecular complexity index is 1370. The lowest BCUT2D eigenvalue weighted by atomic mass is 10.00. The van der Waals surface area contributed by atoms with Gasteiger partial charge in [0.1, 0.15) is 11.6 Å². The van der Waals surface area contributed by atoms with Gasteiger partial charge in [-0.15, -0.1) is 0 Å². The number of primary sulfonamides is 1. The van der Waals surface area contributed by atoms with Crippen molar-refractivity contribution in [3.63, 3.8) is 0 Å². The quantitative estimate of drug-likeness (QED) is 0.563. The predicted molar refractivity (Wildman–Crippen MR) is 130 cm³/mol. The molecule has 1 aliphatic heterocycles. The molecule has 3 aromatic rings. The minimum absolute atomic E-state index is 0.0611. The van der Waals surface area contributed by atoms with Gasteiger partial charge in [-0.25, -0.2) is 17.9 Å². The molecule has 0 bridgehead atoms. The summed E-state index contributed by atoms with van der Waals surface area (Å²) >= 11 is 6.29. The van der Waals surface area contributed by atoms with Gasteiger partial charge in [-0.3, -0.25) is 9.78 Å². The van der Waals surface area contributed by atoms with Gasteiger partial charge in [0.15, 0.2) is 6.10 Å². The van der Waals surface area contributed by atoms with E-state index in [0.29, 0.717) is 41.2 Å². The summed E-state index contributed by atoms with van der Waals surface area (Å²) in [5, 5.41) is 5.62. The van der Waals surface area contributed by atoms with E-state index in [9.17, 15) is 17.6 Å². The fourth-order valence-electron chi connectivity index (χ4n) is 4.26. The number of fused-ring (bicyclic) bond motifs is 1. The lowest BCUT2D eigenvalue weighted by Gasteiger charge is -2.33. The van der Waals surface area contributed by atoms with E-state index in [-0.39, 0.29) is 12.5 Å². The predicted octanol–water partition coefficient (Wildman–Crippen LogP) is 4.05. The highest BCUT2D eigenvalue weighted by Gasteiger charge is 2.32. The molecule has 10 heteroatoms. The molecule has 2 N–H and O–H groups in total. The number of ether oxygens (including phenoxy) is 1. The third kappa shape index (κ3) is 5.16. The zero-order valence-corrected chi connectivity index (χ0v) is 20.4. The smallest absolute Gasteiger partial charge is 0.263 e. The molecule has 1 unspecified atom stereocenters. The third-order valence-electron chi connectivity index (χ3n) is 5.95. The standard InChI is InChI=1S/C24H25ClFN3O4S/c1-14-10-21(19-7-5-16(26)11-22(19)25)20-8-6-17(12-23(20)28-14)33-15(2)24(30)29-9-3-4-18(13-29)34(27,31)32/h5-8,10-12,15,18H,3-4,9,13H2,1-2H3,(H2,27,31,32)/t15?,18-/m1/s1. The fourth-order valence-corrected chi connectivity index (χ4v) is 5.41. The Labute approximate surface area is 202 Å². The van der Waals surface area contributed by atoms with E-state index < -0.39 is 27.2 Å². The first-order valence-electron chi connectivity index (χ1n) is 10.9. The average Bonchev–Trinajstić information content (AvgIpc) is 2.77. The summed E-state index contributed by atoms with van der Waals surface area (Å²) in [5.41, 5.74) is 2.88. The van der Waals surface area contributed by atoms with Crippen LogP contribution in [0.15, 0.2) is 42.5 Å². The minimum atomic E-state index is -3.71. The number of hydrogen-bond donors (Lipinski definition) is 1. The highest BCUT2D eigenvalue weighted by Crippen LogP contribution is 2.35. The number of nitrogens with zero attached hydrogens (tertiary/aromatic N) is 2. The first-order chi connectivity index (χ1) is 16.0. The molecule has 34 heavy (non-hydrogen) atoms. The first kappa shape index (κ1) is 24.4. The van der Waals surface area contributed by atoms with Gasteiger partial charge in [0.25, 0.3) is 5.91 Å². The molecule has 0 radical (unpaired) electrons. The van der Waals surface area contributed by atoms with E-state index in [0.717, 1.165) is 16.6 Å². The minimum Gasteiger partial charge on any atom is -0.481 e. The fraction of sp³-hybridized carbons (Fsp3) is 0.333. The molecule has 0 spiro atoms. The Kier molecular flexibility index (Phi) is 6.80. The van der Waals surface area contributed by atoms with Crippen LogP contribution in [-0.4, -0.2) is 48.7 Å². The van der Waals surface area contributed by atoms with E-state index in [1.54, 1.807) is 25.1 Å². The van der Waals surface area contributed by atoms with E-state index in [2.05, 4.69) is 4.98 Å². The van der Waals surface area contributed by atoms with Crippen LogP contribution in [0.25, 0.3) is 22.0 Å². The van der Waals surface area contributed by atoms with Crippen molar-refractivity contribution in [3.05, 3.63) is 59.0 Å². The molecule has 1 amide bonds. The Morgan fingerprint density at radius 3 is 2.71 bits per heavy atom. The molecule has 0 aliphatic carbocycles. The van der Waals surface area contributed by atoms with E-state index in [1.165, 1.54) is 17.0 Å². The number of carbonyl (C=O) groups excluding carboxylic acids is 1. The second kappa shape index (κ2) is 9.48. The van der Waals surface area contributed by atoms with Crippen molar-refractivity contribution in [2.45, 2.75) is 38.0 Å². The van der Waals surface area contributed by atoms with Crippen LogP contribution in [-0.2, 0) is 14.8 Å². The number of benzene rings is 2. The number of rotatable bonds is 5. The first-order valence-corrected chi connectivity index (χ1v) is 12.9. The maximum absolute atomic E-state index is 13.5. The molecule has 1 aromatic heterocycles. The monoisotopic (exact) mass is 505 g/mol. The zero-order valence-electron chi connectivity index (χ0n) is 18.8. The van der Waals surface area contributed by atoms with Gasteiger partial charge in [0, 0.05) is 35.8 Å². The van der Waals surface area contributed by atoms with E-state index in [1.807, 2.05) is 19.1 Å². The molecule has 1 fully saturated rings. The Balaban J connectivity index is 1.58. The van der Waals surface area contributed by atoms with Crippen molar-refractivity contribution in [1.29, 1.82) is 0 Å². The Morgan fingerprint density at radius 1 is 1.24 bits per heavy atom. The van der Waals surface area contributed by atoms with Gasteiger partial charge < -0.3 is 9.64 Å². The molecule has 7 nitrogen and oxygen atoms in total. The van der Waals surface area contributed by atoms with Crippen molar-refractivity contribution < 1.29 is 22.3 Å². The number of amides is 1. The van der Waals surface area contributed by atoms with Crippen LogP contribution in [0.4, 0.5) is 4.39 Å². The SMILES string of the molecule is Cc1cc(-c2ccc(F)cc2Cl)c2ccc(OC(C)C(=O)N3CCC[C@@H](S(N)(=O)=O)C3)cc2n1. The zero-order chi connectivity index (χ0) is 24.6. The van der Waals surface area contributed by atoms with Gasteiger partial charge in [0.05, 0.1) is 15.8 Å². The summed E-state index contributed by atoms with van der Waals surface area (Å²) in [4.78, 5) is 19.0. The molecule has 1 aliphatic rings.